The fourth-order valence-corrected chi connectivity index (χ4v) is 6.14. The summed E-state index contributed by atoms with van der Waals surface area (Å²) < 4.78 is 5.26. The van der Waals surface area contributed by atoms with Crippen molar-refractivity contribution in [3.8, 4) is 0 Å². The number of rotatable bonds is 5. The fourth-order valence-electron chi connectivity index (χ4n) is 6.14. The quantitative estimate of drug-likeness (QED) is 0.732. The lowest BCUT2D eigenvalue weighted by molar-refractivity contribution is -0.133. The zero-order valence-electron chi connectivity index (χ0n) is 18.2. The molecule has 3 heterocycles. The maximum Gasteiger partial charge on any atom is 0.223 e. The number of likely N-dealkylation sites (tertiary alicyclic amines) is 2. The molecule has 0 radical (unpaired) electrons. The molecule has 0 bridgehead atoms. The van der Waals surface area contributed by atoms with Gasteiger partial charge in [-0.05, 0) is 49.7 Å². The van der Waals surface area contributed by atoms with Gasteiger partial charge in [0.1, 0.15) is 5.76 Å². The predicted octanol–water partition coefficient (Wildman–Crippen LogP) is 4.50. The van der Waals surface area contributed by atoms with E-state index in [-0.39, 0.29) is 6.04 Å². The zero-order chi connectivity index (χ0) is 20.7. The van der Waals surface area contributed by atoms with Crippen LogP contribution in [-0.4, -0.2) is 40.5 Å². The highest BCUT2D eigenvalue weighted by Gasteiger charge is 2.49. The van der Waals surface area contributed by atoms with Gasteiger partial charge in [0.05, 0.1) is 11.7 Å². The molecule has 2 aliphatic heterocycles. The molecule has 1 aromatic heterocycles. The normalized spacial score (nSPS) is 27.1. The minimum Gasteiger partial charge on any atom is -0.361 e. The summed E-state index contributed by atoms with van der Waals surface area (Å²) >= 11 is 0. The highest BCUT2D eigenvalue weighted by molar-refractivity contribution is 5.77. The predicted molar refractivity (Wildman–Crippen MR) is 116 cm³/mol. The summed E-state index contributed by atoms with van der Waals surface area (Å²) in [6.07, 6.45) is 5.78. The van der Waals surface area contributed by atoms with Crippen LogP contribution in [0.25, 0.3) is 0 Å². The van der Waals surface area contributed by atoms with Crippen molar-refractivity contribution in [3.05, 3.63) is 52.9 Å². The van der Waals surface area contributed by atoms with Crippen LogP contribution >= 0.6 is 0 Å². The lowest BCUT2D eigenvalue weighted by atomic mass is 9.87. The Hall–Kier alpha value is -2.14. The van der Waals surface area contributed by atoms with Gasteiger partial charge in [-0.3, -0.25) is 9.69 Å². The molecule has 2 aromatic rings. The summed E-state index contributed by atoms with van der Waals surface area (Å²) in [6, 6.07) is 10.9. The number of nitrogens with zero attached hydrogens (tertiary/aromatic N) is 3. The fraction of sp³-hybridized carbons (Fsp3) is 0.600. The van der Waals surface area contributed by atoms with Crippen LogP contribution in [0.4, 0.5) is 0 Å². The van der Waals surface area contributed by atoms with E-state index < -0.39 is 0 Å². The maximum absolute atomic E-state index is 13.4. The van der Waals surface area contributed by atoms with Crippen LogP contribution < -0.4 is 0 Å². The Morgan fingerprint density at radius 3 is 2.67 bits per heavy atom. The van der Waals surface area contributed by atoms with Crippen molar-refractivity contribution in [2.45, 2.75) is 58.5 Å². The Bertz CT molecular complexity index is 901. The molecule has 2 saturated heterocycles. The van der Waals surface area contributed by atoms with Crippen molar-refractivity contribution >= 4 is 5.91 Å². The van der Waals surface area contributed by atoms with Gasteiger partial charge in [-0.1, -0.05) is 42.3 Å². The molecule has 3 fully saturated rings. The summed E-state index contributed by atoms with van der Waals surface area (Å²) in [6.45, 7) is 7.91. The van der Waals surface area contributed by atoms with E-state index in [1.54, 1.807) is 0 Å². The van der Waals surface area contributed by atoms with Crippen molar-refractivity contribution in [1.29, 1.82) is 0 Å². The molecular weight excluding hydrogens is 374 g/mol. The molecule has 5 nitrogen and oxygen atoms in total. The van der Waals surface area contributed by atoms with Gasteiger partial charge in [0, 0.05) is 44.6 Å². The van der Waals surface area contributed by atoms with Gasteiger partial charge < -0.3 is 9.42 Å². The number of fused-ring (bicyclic) bond motifs is 1. The van der Waals surface area contributed by atoms with E-state index in [1.165, 1.54) is 36.8 Å². The summed E-state index contributed by atoms with van der Waals surface area (Å²) in [5.41, 5.74) is 3.64. The molecule has 0 N–H and O–H groups in total. The maximum atomic E-state index is 13.4. The van der Waals surface area contributed by atoms with Crippen LogP contribution in [0.3, 0.4) is 0 Å². The standard InChI is InChI=1S/C25H33N3O2/c1-17-7-3-6-10-22(17)25-23-16-27(15-21-11-18(2)30-26-21)13-20(23)14-28(25)24(29)12-19-8-4-5-9-19/h3,6-7,10-11,19-20,23,25H,4-5,8-9,12-16H2,1-2H3/t20-,23-,25-/m0/s1. The summed E-state index contributed by atoms with van der Waals surface area (Å²) in [5.74, 6) is 2.87. The highest BCUT2D eigenvalue weighted by atomic mass is 16.5. The average Bonchev–Trinajstić information content (AvgIpc) is 3.48. The molecule has 5 rings (SSSR count). The Balaban J connectivity index is 1.36. The number of aryl methyl sites for hydroxylation is 2. The SMILES string of the molecule is Cc1cc(CN2C[C@H]3CN(C(=O)CC4CCCC4)[C@@H](c4ccccc4C)[C@H]3C2)no1. The van der Waals surface area contributed by atoms with Crippen molar-refractivity contribution in [3.63, 3.8) is 0 Å². The molecule has 3 aliphatic rings. The Kier molecular flexibility index (Phi) is 5.40. The molecule has 0 unspecified atom stereocenters. The van der Waals surface area contributed by atoms with E-state index in [0.717, 1.165) is 44.1 Å². The molecule has 160 valence electrons. The average molecular weight is 408 g/mol. The van der Waals surface area contributed by atoms with Gasteiger partial charge >= 0.3 is 0 Å². The van der Waals surface area contributed by atoms with E-state index >= 15 is 0 Å². The monoisotopic (exact) mass is 407 g/mol. The molecule has 1 aromatic carbocycles. The van der Waals surface area contributed by atoms with E-state index in [2.05, 4.69) is 46.1 Å². The van der Waals surface area contributed by atoms with Crippen LogP contribution in [-0.2, 0) is 11.3 Å². The van der Waals surface area contributed by atoms with Crippen LogP contribution in [0.1, 0.15) is 60.7 Å². The first-order chi connectivity index (χ1) is 14.6. The smallest absolute Gasteiger partial charge is 0.223 e. The molecule has 0 spiro atoms. The lowest BCUT2D eigenvalue weighted by Crippen LogP contribution is -2.36. The van der Waals surface area contributed by atoms with Gasteiger partial charge in [0.25, 0.3) is 0 Å². The van der Waals surface area contributed by atoms with Crippen LogP contribution in [0.2, 0.25) is 0 Å². The molecule has 1 amide bonds. The number of benzene rings is 1. The minimum absolute atomic E-state index is 0.203. The van der Waals surface area contributed by atoms with Crippen LogP contribution in [0.5, 0.6) is 0 Å². The van der Waals surface area contributed by atoms with E-state index in [9.17, 15) is 4.79 Å². The largest absolute Gasteiger partial charge is 0.361 e. The van der Waals surface area contributed by atoms with Gasteiger partial charge in [-0.2, -0.15) is 0 Å². The van der Waals surface area contributed by atoms with Gasteiger partial charge in [-0.15, -0.1) is 0 Å². The molecule has 30 heavy (non-hydrogen) atoms. The summed E-state index contributed by atoms with van der Waals surface area (Å²) in [7, 11) is 0. The molecule has 1 aliphatic carbocycles. The third kappa shape index (κ3) is 3.80. The molecule has 5 heteroatoms. The molecule has 3 atom stereocenters. The van der Waals surface area contributed by atoms with Crippen LogP contribution in [0, 0.1) is 31.6 Å². The number of hydrogen-bond acceptors (Lipinski definition) is 4. The molecule has 1 saturated carbocycles. The second kappa shape index (κ2) is 8.18. The third-order valence-corrected chi connectivity index (χ3v) is 7.57. The minimum atomic E-state index is 0.203. The number of amides is 1. The third-order valence-electron chi connectivity index (χ3n) is 7.57. The van der Waals surface area contributed by atoms with Crippen molar-refractivity contribution in [2.24, 2.45) is 17.8 Å². The summed E-state index contributed by atoms with van der Waals surface area (Å²) in [5, 5.41) is 4.18. The first kappa shape index (κ1) is 19.8. The number of carbonyl (C=O) groups is 1. The van der Waals surface area contributed by atoms with Crippen LogP contribution in [0.15, 0.2) is 34.9 Å². The van der Waals surface area contributed by atoms with E-state index in [4.69, 9.17) is 4.52 Å². The number of aromatic nitrogens is 1. The van der Waals surface area contributed by atoms with E-state index in [0.29, 0.717) is 23.7 Å². The van der Waals surface area contributed by atoms with Gasteiger partial charge in [-0.25, -0.2) is 0 Å². The van der Waals surface area contributed by atoms with E-state index in [1.807, 2.05) is 13.0 Å². The number of carbonyl (C=O) groups excluding carboxylic acids is 1. The van der Waals surface area contributed by atoms with Crippen molar-refractivity contribution in [2.75, 3.05) is 19.6 Å². The second-order valence-electron chi connectivity index (χ2n) is 9.75. The second-order valence-corrected chi connectivity index (χ2v) is 9.75. The van der Waals surface area contributed by atoms with Crippen molar-refractivity contribution in [1.82, 2.24) is 15.0 Å². The first-order valence-corrected chi connectivity index (χ1v) is 11.6. The summed E-state index contributed by atoms with van der Waals surface area (Å²) in [4.78, 5) is 18.1. The molecular formula is C25H33N3O2. The highest BCUT2D eigenvalue weighted by Crippen LogP contribution is 2.46. The Labute approximate surface area is 179 Å². The zero-order valence-corrected chi connectivity index (χ0v) is 18.2. The lowest BCUT2D eigenvalue weighted by Gasteiger charge is -2.31. The van der Waals surface area contributed by atoms with Gasteiger partial charge in [0.2, 0.25) is 5.91 Å². The van der Waals surface area contributed by atoms with Crippen molar-refractivity contribution < 1.29 is 9.32 Å². The Morgan fingerprint density at radius 2 is 1.93 bits per heavy atom. The van der Waals surface area contributed by atoms with Gasteiger partial charge in [0.15, 0.2) is 0 Å². The number of hydrogen-bond donors (Lipinski definition) is 0. The Morgan fingerprint density at radius 1 is 1.13 bits per heavy atom. The topological polar surface area (TPSA) is 49.6 Å². The first-order valence-electron chi connectivity index (χ1n) is 11.6.